The minimum atomic E-state index is -0.413. The molecule has 2 aromatic rings. The number of nitrogens with zero attached hydrogens (tertiary/aromatic N) is 2. The molecule has 0 aliphatic rings. The van der Waals surface area contributed by atoms with Gasteiger partial charge in [0.2, 0.25) is 0 Å². The number of aromatic hydroxyl groups is 1. The first kappa shape index (κ1) is 17.0. The maximum Gasteiger partial charge on any atom is 0.261 e. The summed E-state index contributed by atoms with van der Waals surface area (Å²) in [6.45, 7) is 0.413. The van der Waals surface area contributed by atoms with Crippen LogP contribution in [0, 0.1) is 11.3 Å². The van der Waals surface area contributed by atoms with Gasteiger partial charge in [0.1, 0.15) is 17.4 Å². The molecule has 0 saturated heterocycles. The van der Waals surface area contributed by atoms with Crippen LogP contribution in [0.4, 0.5) is 0 Å². The van der Waals surface area contributed by atoms with Gasteiger partial charge in [0.05, 0.1) is 0 Å². The quantitative estimate of drug-likeness (QED) is 0.487. The molecule has 2 N–H and O–H groups in total. The molecule has 0 unspecified atom stereocenters. The topological polar surface area (TPSA) is 86.0 Å². The highest BCUT2D eigenvalue weighted by molar-refractivity contribution is 5.97. The second kappa shape index (κ2) is 8.91. The van der Waals surface area contributed by atoms with Gasteiger partial charge in [-0.15, -0.1) is 0 Å². The lowest BCUT2D eigenvalue weighted by Gasteiger charge is -2.03. The first-order valence-corrected chi connectivity index (χ1v) is 7.44. The van der Waals surface area contributed by atoms with Gasteiger partial charge in [-0.3, -0.25) is 9.78 Å². The fourth-order valence-electron chi connectivity index (χ4n) is 1.95. The molecule has 0 radical (unpaired) electrons. The predicted octanol–water partition coefficient (Wildman–Crippen LogP) is 2.61. The first-order chi connectivity index (χ1) is 11.7. The number of benzene rings is 1. The van der Waals surface area contributed by atoms with Crippen molar-refractivity contribution in [1.29, 1.82) is 5.26 Å². The molecular weight excluding hydrogens is 302 g/mol. The molecule has 0 aliphatic carbocycles. The van der Waals surface area contributed by atoms with Gasteiger partial charge in [-0.25, -0.2) is 0 Å². The molecule has 0 aliphatic heterocycles. The van der Waals surface area contributed by atoms with E-state index in [9.17, 15) is 9.90 Å². The molecule has 1 aromatic heterocycles. The number of carbonyl (C=O) groups excluding carboxylic acids is 1. The van der Waals surface area contributed by atoms with Crippen LogP contribution in [-0.4, -0.2) is 22.5 Å². The molecule has 0 bridgehead atoms. The number of hydrogen-bond donors (Lipinski definition) is 2. The largest absolute Gasteiger partial charge is 0.508 e. The van der Waals surface area contributed by atoms with Crippen LogP contribution < -0.4 is 5.32 Å². The van der Waals surface area contributed by atoms with Crippen molar-refractivity contribution in [2.75, 3.05) is 6.54 Å². The Bertz CT molecular complexity index is 773. The third-order valence-corrected chi connectivity index (χ3v) is 3.20. The molecule has 24 heavy (non-hydrogen) atoms. The van der Waals surface area contributed by atoms with Crippen LogP contribution in [0.15, 0.2) is 66.4 Å². The summed E-state index contributed by atoms with van der Waals surface area (Å²) in [6.07, 6.45) is 7.14. The van der Waals surface area contributed by atoms with E-state index >= 15 is 0 Å². The van der Waals surface area contributed by atoms with Crippen LogP contribution >= 0.6 is 0 Å². The first-order valence-electron chi connectivity index (χ1n) is 7.44. The van der Waals surface area contributed by atoms with E-state index in [0.717, 1.165) is 11.3 Å². The molecule has 0 fully saturated rings. The number of carbonyl (C=O) groups is 1. The van der Waals surface area contributed by atoms with Crippen molar-refractivity contribution in [3.63, 3.8) is 0 Å². The average molecular weight is 319 g/mol. The normalized spacial score (nSPS) is 11.2. The molecule has 0 atom stereocenters. The lowest BCUT2D eigenvalue weighted by atomic mass is 10.2. The maximum atomic E-state index is 12.0. The number of phenols is 1. The van der Waals surface area contributed by atoms with E-state index in [-0.39, 0.29) is 11.3 Å². The SMILES string of the molecule is N#C/C(=C\C=C\c1ccc(O)cc1)C(=O)NCCc1ccccn1. The highest BCUT2D eigenvalue weighted by Gasteiger charge is 2.06. The Balaban J connectivity index is 1.88. The van der Waals surface area contributed by atoms with Gasteiger partial charge in [-0.2, -0.15) is 5.26 Å². The number of pyridine rings is 1. The van der Waals surface area contributed by atoms with Gasteiger partial charge in [-0.05, 0) is 35.9 Å². The van der Waals surface area contributed by atoms with Gasteiger partial charge < -0.3 is 10.4 Å². The van der Waals surface area contributed by atoms with Gasteiger partial charge >= 0.3 is 0 Å². The number of nitriles is 1. The average Bonchev–Trinajstić information content (AvgIpc) is 2.61. The van der Waals surface area contributed by atoms with Crippen molar-refractivity contribution in [3.8, 4) is 11.8 Å². The Hall–Kier alpha value is -3.39. The Morgan fingerprint density at radius 2 is 2.04 bits per heavy atom. The van der Waals surface area contributed by atoms with Crippen LogP contribution in [0.25, 0.3) is 6.08 Å². The minimum absolute atomic E-state index is 0.0334. The fourth-order valence-corrected chi connectivity index (χ4v) is 1.95. The molecule has 120 valence electrons. The van der Waals surface area contributed by atoms with E-state index in [1.807, 2.05) is 24.3 Å². The van der Waals surface area contributed by atoms with Gasteiger partial charge in [-0.1, -0.05) is 30.4 Å². The van der Waals surface area contributed by atoms with Gasteiger partial charge in [0, 0.05) is 24.9 Å². The number of allylic oxidation sites excluding steroid dienone is 2. The molecule has 0 saturated carbocycles. The van der Waals surface area contributed by atoms with Crippen LogP contribution in [0.1, 0.15) is 11.3 Å². The molecule has 0 spiro atoms. The zero-order chi connectivity index (χ0) is 17.2. The van der Waals surface area contributed by atoms with Crippen LogP contribution in [0.5, 0.6) is 5.75 Å². The number of amides is 1. The summed E-state index contributed by atoms with van der Waals surface area (Å²) in [5, 5.41) is 21.0. The number of nitrogens with one attached hydrogen (secondary N) is 1. The van der Waals surface area contributed by atoms with Gasteiger partial charge in [0.15, 0.2) is 0 Å². The second-order valence-electron chi connectivity index (χ2n) is 4.97. The van der Waals surface area contributed by atoms with Crippen molar-refractivity contribution < 1.29 is 9.90 Å². The van der Waals surface area contributed by atoms with Gasteiger partial charge in [0.25, 0.3) is 5.91 Å². The highest BCUT2D eigenvalue weighted by atomic mass is 16.3. The predicted molar refractivity (Wildman–Crippen MR) is 91.8 cm³/mol. The summed E-state index contributed by atoms with van der Waals surface area (Å²) in [4.78, 5) is 16.1. The Labute approximate surface area is 140 Å². The standard InChI is InChI=1S/C19H17N3O2/c20-14-16(5-3-4-15-7-9-18(23)10-8-15)19(24)22-13-11-17-6-1-2-12-21-17/h1-10,12,23H,11,13H2,(H,22,24)/b4-3+,16-5+. The monoisotopic (exact) mass is 319 g/mol. The zero-order valence-electron chi connectivity index (χ0n) is 13.0. The van der Waals surface area contributed by atoms with E-state index in [2.05, 4.69) is 10.3 Å². The molecular formula is C19H17N3O2. The lowest BCUT2D eigenvalue weighted by Crippen LogP contribution is -2.26. The van der Waals surface area contributed by atoms with Crippen molar-refractivity contribution in [1.82, 2.24) is 10.3 Å². The lowest BCUT2D eigenvalue weighted by molar-refractivity contribution is -0.117. The molecule has 2 rings (SSSR count). The van der Waals surface area contributed by atoms with E-state index in [4.69, 9.17) is 5.26 Å². The van der Waals surface area contributed by atoms with E-state index in [0.29, 0.717) is 13.0 Å². The summed E-state index contributed by atoms with van der Waals surface area (Å²) < 4.78 is 0. The summed E-state index contributed by atoms with van der Waals surface area (Å²) in [7, 11) is 0. The molecule has 1 aromatic carbocycles. The van der Waals surface area contributed by atoms with Crippen molar-refractivity contribution in [2.24, 2.45) is 0 Å². The fraction of sp³-hybridized carbons (Fsp3) is 0.105. The maximum absolute atomic E-state index is 12.0. The summed E-state index contributed by atoms with van der Waals surface area (Å²) >= 11 is 0. The molecule has 5 nitrogen and oxygen atoms in total. The van der Waals surface area contributed by atoms with Crippen molar-refractivity contribution in [2.45, 2.75) is 6.42 Å². The molecule has 1 heterocycles. The molecule has 1 amide bonds. The number of phenolic OH excluding ortho intramolecular Hbond substituents is 1. The number of aromatic nitrogens is 1. The van der Waals surface area contributed by atoms with Crippen LogP contribution in [0.3, 0.4) is 0 Å². The Kier molecular flexibility index (Phi) is 6.30. The summed E-state index contributed by atoms with van der Waals surface area (Å²) in [5.41, 5.74) is 1.77. The van der Waals surface area contributed by atoms with E-state index < -0.39 is 5.91 Å². The van der Waals surface area contributed by atoms with Crippen molar-refractivity contribution in [3.05, 3.63) is 77.6 Å². The van der Waals surface area contributed by atoms with E-state index in [1.54, 1.807) is 42.6 Å². The third kappa shape index (κ3) is 5.43. The summed E-state index contributed by atoms with van der Waals surface area (Å²) in [5.74, 6) is -0.225. The third-order valence-electron chi connectivity index (χ3n) is 3.20. The Morgan fingerprint density at radius 3 is 2.71 bits per heavy atom. The molecule has 5 heteroatoms. The Morgan fingerprint density at radius 1 is 1.25 bits per heavy atom. The minimum Gasteiger partial charge on any atom is -0.508 e. The van der Waals surface area contributed by atoms with E-state index in [1.165, 1.54) is 6.08 Å². The highest BCUT2D eigenvalue weighted by Crippen LogP contribution is 2.11. The smallest absolute Gasteiger partial charge is 0.261 e. The zero-order valence-corrected chi connectivity index (χ0v) is 13.0. The summed E-state index contributed by atoms with van der Waals surface area (Å²) in [6, 6.07) is 14.1. The second-order valence-corrected chi connectivity index (χ2v) is 4.97. The van der Waals surface area contributed by atoms with Crippen molar-refractivity contribution >= 4 is 12.0 Å². The van der Waals surface area contributed by atoms with Crippen LogP contribution in [-0.2, 0) is 11.2 Å². The van der Waals surface area contributed by atoms with Crippen LogP contribution in [0.2, 0.25) is 0 Å². The number of hydrogen-bond acceptors (Lipinski definition) is 4. The number of rotatable bonds is 6.